The van der Waals surface area contributed by atoms with E-state index < -0.39 is 23.9 Å². The molecule has 0 aliphatic carbocycles. The van der Waals surface area contributed by atoms with Crippen molar-refractivity contribution in [2.24, 2.45) is 5.73 Å². The SMILES string of the molecule is CC(c1cccs1)N(C)C(=O)NC(CCC(N)=O)C(=O)O. The Balaban J connectivity index is 2.63. The number of carboxylic acid groups (broad SMARTS) is 1. The maximum atomic E-state index is 12.1. The van der Waals surface area contributed by atoms with Gasteiger partial charge in [0.15, 0.2) is 0 Å². The first-order chi connectivity index (χ1) is 9.82. The molecular weight excluding hydrogens is 294 g/mol. The van der Waals surface area contributed by atoms with Gasteiger partial charge in [0.05, 0.1) is 6.04 Å². The lowest BCUT2D eigenvalue weighted by Gasteiger charge is -2.26. The topological polar surface area (TPSA) is 113 Å². The number of amides is 3. The highest BCUT2D eigenvalue weighted by Gasteiger charge is 2.24. The molecule has 0 fully saturated rings. The van der Waals surface area contributed by atoms with E-state index in [-0.39, 0.29) is 18.9 Å². The Labute approximate surface area is 126 Å². The number of nitrogens with one attached hydrogen (secondary N) is 1. The third-order valence-electron chi connectivity index (χ3n) is 3.13. The lowest BCUT2D eigenvalue weighted by Crippen LogP contribution is -2.47. The number of carboxylic acids is 1. The molecule has 2 atom stereocenters. The minimum atomic E-state index is -1.19. The first-order valence-electron chi connectivity index (χ1n) is 6.40. The highest BCUT2D eigenvalue weighted by atomic mass is 32.1. The van der Waals surface area contributed by atoms with E-state index >= 15 is 0 Å². The largest absolute Gasteiger partial charge is 0.480 e. The van der Waals surface area contributed by atoms with Crippen molar-refractivity contribution in [3.8, 4) is 0 Å². The van der Waals surface area contributed by atoms with E-state index in [1.54, 1.807) is 7.05 Å². The molecule has 3 amide bonds. The first-order valence-corrected chi connectivity index (χ1v) is 7.28. The van der Waals surface area contributed by atoms with Crippen molar-refractivity contribution in [2.75, 3.05) is 7.05 Å². The van der Waals surface area contributed by atoms with E-state index in [9.17, 15) is 14.4 Å². The van der Waals surface area contributed by atoms with E-state index in [0.717, 1.165) is 4.88 Å². The van der Waals surface area contributed by atoms with Gasteiger partial charge < -0.3 is 21.1 Å². The molecule has 0 bridgehead atoms. The van der Waals surface area contributed by atoms with E-state index in [1.807, 2.05) is 24.4 Å². The summed E-state index contributed by atoms with van der Waals surface area (Å²) >= 11 is 1.52. The van der Waals surface area contributed by atoms with Gasteiger partial charge in [-0.25, -0.2) is 9.59 Å². The molecule has 21 heavy (non-hydrogen) atoms. The first kappa shape index (κ1) is 17.0. The van der Waals surface area contributed by atoms with E-state index in [2.05, 4.69) is 5.32 Å². The predicted molar refractivity (Wildman–Crippen MR) is 78.9 cm³/mol. The van der Waals surface area contributed by atoms with E-state index in [4.69, 9.17) is 10.8 Å². The molecule has 0 saturated carbocycles. The minimum Gasteiger partial charge on any atom is -0.480 e. The monoisotopic (exact) mass is 313 g/mol. The van der Waals surface area contributed by atoms with Crippen LogP contribution in [-0.4, -0.2) is 41.0 Å². The molecule has 8 heteroatoms. The van der Waals surface area contributed by atoms with Gasteiger partial charge in [0.25, 0.3) is 0 Å². The van der Waals surface area contributed by atoms with Gasteiger partial charge in [0.1, 0.15) is 6.04 Å². The Morgan fingerprint density at radius 3 is 2.62 bits per heavy atom. The zero-order chi connectivity index (χ0) is 16.0. The Bertz CT molecular complexity index is 504. The fourth-order valence-corrected chi connectivity index (χ4v) is 2.52. The second-order valence-electron chi connectivity index (χ2n) is 4.65. The lowest BCUT2D eigenvalue weighted by atomic mass is 10.1. The lowest BCUT2D eigenvalue weighted by molar-refractivity contribution is -0.139. The number of nitrogens with two attached hydrogens (primary N) is 1. The Kier molecular flexibility index (Phi) is 6.16. The fraction of sp³-hybridized carbons (Fsp3) is 0.462. The van der Waals surface area contributed by atoms with Crippen LogP contribution in [0.1, 0.15) is 30.7 Å². The molecule has 1 rings (SSSR count). The average Bonchev–Trinajstić information content (AvgIpc) is 2.94. The van der Waals surface area contributed by atoms with Crippen LogP contribution >= 0.6 is 11.3 Å². The van der Waals surface area contributed by atoms with E-state index in [0.29, 0.717) is 0 Å². The van der Waals surface area contributed by atoms with Crippen molar-refractivity contribution in [3.63, 3.8) is 0 Å². The number of carbonyl (C=O) groups excluding carboxylic acids is 2. The zero-order valence-electron chi connectivity index (χ0n) is 11.9. The number of aliphatic carboxylic acids is 1. The fourth-order valence-electron chi connectivity index (χ4n) is 1.69. The number of hydrogen-bond acceptors (Lipinski definition) is 4. The molecule has 4 N–H and O–H groups in total. The predicted octanol–water partition coefficient (Wildman–Crippen LogP) is 1.17. The van der Waals surface area contributed by atoms with Gasteiger partial charge in [-0.15, -0.1) is 11.3 Å². The highest BCUT2D eigenvalue weighted by Crippen LogP contribution is 2.23. The standard InChI is InChI=1S/C13H19N3O4S/c1-8(10-4-3-7-21-10)16(2)13(20)15-9(12(18)19)5-6-11(14)17/h3-4,7-9H,5-6H2,1-2H3,(H2,14,17)(H,15,20)(H,18,19). The summed E-state index contributed by atoms with van der Waals surface area (Å²) in [4.78, 5) is 36.3. The van der Waals surface area contributed by atoms with E-state index in [1.165, 1.54) is 16.2 Å². The number of thiophene rings is 1. The van der Waals surface area contributed by atoms with Crippen molar-refractivity contribution in [2.45, 2.75) is 31.8 Å². The van der Waals surface area contributed by atoms with Crippen molar-refractivity contribution in [3.05, 3.63) is 22.4 Å². The summed E-state index contributed by atoms with van der Waals surface area (Å²) in [6.07, 6.45) is -0.126. The van der Waals surface area contributed by atoms with Crippen molar-refractivity contribution < 1.29 is 19.5 Å². The van der Waals surface area contributed by atoms with Crippen LogP contribution in [0.25, 0.3) is 0 Å². The van der Waals surface area contributed by atoms with Crippen molar-refractivity contribution >= 4 is 29.2 Å². The smallest absolute Gasteiger partial charge is 0.326 e. The third-order valence-corrected chi connectivity index (χ3v) is 4.17. The van der Waals surface area contributed by atoms with Crippen LogP contribution in [0.15, 0.2) is 17.5 Å². The third kappa shape index (κ3) is 5.07. The average molecular weight is 313 g/mol. The molecule has 0 aromatic carbocycles. The Morgan fingerprint density at radius 2 is 2.14 bits per heavy atom. The normalized spacial score (nSPS) is 13.2. The molecule has 0 aliphatic rings. The number of carbonyl (C=O) groups is 3. The van der Waals surface area contributed by atoms with Crippen LogP contribution in [0.2, 0.25) is 0 Å². The minimum absolute atomic E-state index is 0.0301. The molecule has 116 valence electrons. The van der Waals surface area contributed by atoms with Gasteiger partial charge in [-0.2, -0.15) is 0 Å². The quantitative estimate of drug-likeness (QED) is 0.701. The van der Waals surface area contributed by atoms with Crippen LogP contribution < -0.4 is 11.1 Å². The Morgan fingerprint density at radius 1 is 1.48 bits per heavy atom. The molecule has 1 aromatic heterocycles. The van der Waals surface area contributed by atoms with Crippen LogP contribution in [-0.2, 0) is 9.59 Å². The number of primary amides is 1. The van der Waals surface area contributed by atoms with Gasteiger partial charge >= 0.3 is 12.0 Å². The summed E-state index contributed by atoms with van der Waals surface area (Å²) in [7, 11) is 1.59. The van der Waals surface area contributed by atoms with Crippen LogP contribution in [0, 0.1) is 0 Å². The molecule has 2 unspecified atom stereocenters. The summed E-state index contributed by atoms with van der Waals surface area (Å²) in [6, 6.07) is 1.97. The van der Waals surface area contributed by atoms with Gasteiger partial charge in [-0.3, -0.25) is 4.79 Å². The summed E-state index contributed by atoms with van der Waals surface area (Å²) in [5, 5.41) is 13.4. The highest BCUT2D eigenvalue weighted by molar-refractivity contribution is 7.10. The maximum Gasteiger partial charge on any atom is 0.326 e. The van der Waals surface area contributed by atoms with Gasteiger partial charge in [0.2, 0.25) is 5.91 Å². The summed E-state index contributed by atoms with van der Waals surface area (Å²) in [5.41, 5.74) is 4.99. The number of hydrogen-bond donors (Lipinski definition) is 3. The van der Waals surface area contributed by atoms with Gasteiger partial charge in [-0.05, 0) is 24.8 Å². The molecular formula is C13H19N3O4S. The number of urea groups is 1. The second kappa shape index (κ2) is 7.63. The van der Waals surface area contributed by atoms with Crippen molar-refractivity contribution in [1.82, 2.24) is 10.2 Å². The zero-order valence-corrected chi connectivity index (χ0v) is 12.7. The number of nitrogens with zero attached hydrogens (tertiary/aromatic N) is 1. The van der Waals surface area contributed by atoms with Gasteiger partial charge in [0, 0.05) is 18.3 Å². The molecule has 0 spiro atoms. The van der Waals surface area contributed by atoms with Crippen molar-refractivity contribution in [1.29, 1.82) is 0 Å². The molecule has 0 aliphatic heterocycles. The molecule has 0 radical (unpaired) electrons. The summed E-state index contributed by atoms with van der Waals surface area (Å²) in [6.45, 7) is 1.85. The molecule has 1 heterocycles. The van der Waals surface area contributed by atoms with Crippen LogP contribution in [0.3, 0.4) is 0 Å². The van der Waals surface area contributed by atoms with Crippen LogP contribution in [0.5, 0.6) is 0 Å². The number of rotatable bonds is 7. The maximum absolute atomic E-state index is 12.1. The summed E-state index contributed by atoms with van der Waals surface area (Å²) < 4.78 is 0. The molecule has 0 saturated heterocycles. The van der Waals surface area contributed by atoms with Gasteiger partial charge in [-0.1, -0.05) is 6.07 Å². The van der Waals surface area contributed by atoms with Crippen LogP contribution in [0.4, 0.5) is 4.79 Å². The molecule has 1 aromatic rings. The summed E-state index contributed by atoms with van der Waals surface area (Å²) in [5.74, 6) is -1.79. The molecule has 7 nitrogen and oxygen atoms in total. The second-order valence-corrected chi connectivity index (χ2v) is 5.63. The Hall–Kier alpha value is -2.09.